The lowest BCUT2D eigenvalue weighted by atomic mass is 10.1. The molecule has 0 unspecified atom stereocenters. The second-order valence-corrected chi connectivity index (χ2v) is 5.06. The number of anilines is 2. The molecule has 1 aromatic heterocycles. The van der Waals surface area contributed by atoms with Crippen LogP contribution in [-0.4, -0.2) is 4.57 Å². The number of hydrogen-bond donors (Lipinski definition) is 2. The third-order valence-corrected chi connectivity index (χ3v) is 3.52. The van der Waals surface area contributed by atoms with Gasteiger partial charge in [0.05, 0.1) is 5.69 Å². The van der Waals surface area contributed by atoms with Crippen molar-refractivity contribution in [2.45, 2.75) is 6.92 Å². The topological polar surface area (TPSA) is 57.0 Å². The van der Waals surface area contributed by atoms with E-state index in [1.54, 1.807) is 12.1 Å². The van der Waals surface area contributed by atoms with Gasteiger partial charge in [0.2, 0.25) is 0 Å². The molecule has 0 amide bonds. The lowest BCUT2D eigenvalue weighted by Crippen LogP contribution is -2.00. The lowest BCUT2D eigenvalue weighted by molar-refractivity contribution is 0.628. The summed E-state index contributed by atoms with van der Waals surface area (Å²) in [5, 5.41) is 0. The molecule has 4 N–H and O–H groups in total. The Morgan fingerprint density at radius 2 is 1.71 bits per heavy atom. The van der Waals surface area contributed by atoms with E-state index >= 15 is 0 Å². The van der Waals surface area contributed by atoms with E-state index in [1.165, 1.54) is 12.1 Å². The molecule has 3 nitrogen and oxygen atoms in total. The number of benzene rings is 2. The highest BCUT2D eigenvalue weighted by atomic mass is 19.1. The number of nitrogen functional groups attached to an aromatic ring is 2. The summed E-state index contributed by atoms with van der Waals surface area (Å²) in [5.74, 6) is 0.211. The molecule has 0 bridgehead atoms. The fraction of sp³-hybridized carbons (Fsp3) is 0.0588. The molecule has 0 saturated carbocycles. The first-order valence-electron chi connectivity index (χ1n) is 6.65. The second kappa shape index (κ2) is 4.98. The van der Waals surface area contributed by atoms with Crippen molar-refractivity contribution in [3.05, 3.63) is 66.1 Å². The maximum atomic E-state index is 13.0. The number of rotatable bonds is 2. The Labute approximate surface area is 122 Å². The highest BCUT2D eigenvalue weighted by Gasteiger charge is 2.13. The van der Waals surface area contributed by atoms with Gasteiger partial charge in [0.15, 0.2) is 0 Å². The molecule has 4 heteroatoms. The molecule has 21 heavy (non-hydrogen) atoms. The van der Waals surface area contributed by atoms with Gasteiger partial charge >= 0.3 is 0 Å². The van der Waals surface area contributed by atoms with Crippen LogP contribution in [-0.2, 0) is 0 Å². The summed E-state index contributed by atoms with van der Waals surface area (Å²) < 4.78 is 14.9. The van der Waals surface area contributed by atoms with Crippen LogP contribution in [0.1, 0.15) is 5.56 Å². The molecular weight excluding hydrogens is 265 g/mol. The van der Waals surface area contributed by atoms with E-state index < -0.39 is 0 Å². The van der Waals surface area contributed by atoms with Gasteiger partial charge in [-0.15, -0.1) is 0 Å². The van der Waals surface area contributed by atoms with Crippen molar-refractivity contribution in [1.29, 1.82) is 0 Å². The van der Waals surface area contributed by atoms with E-state index in [1.807, 2.05) is 42.0 Å². The molecule has 2 aromatic carbocycles. The van der Waals surface area contributed by atoms with E-state index in [-0.39, 0.29) is 5.82 Å². The van der Waals surface area contributed by atoms with Crippen LogP contribution >= 0.6 is 0 Å². The normalized spacial score (nSPS) is 10.8. The number of nitrogens with zero attached hydrogens (tertiary/aromatic N) is 1. The number of aryl methyl sites for hydroxylation is 1. The van der Waals surface area contributed by atoms with Gasteiger partial charge in [0.25, 0.3) is 0 Å². The largest absolute Gasteiger partial charge is 0.395 e. The van der Waals surface area contributed by atoms with Crippen molar-refractivity contribution >= 4 is 11.5 Å². The summed E-state index contributed by atoms with van der Waals surface area (Å²) in [4.78, 5) is 0. The number of nitrogens with two attached hydrogens (primary N) is 2. The second-order valence-electron chi connectivity index (χ2n) is 5.06. The van der Waals surface area contributed by atoms with Crippen molar-refractivity contribution < 1.29 is 4.39 Å². The summed E-state index contributed by atoms with van der Waals surface area (Å²) in [5.41, 5.74) is 16.5. The Morgan fingerprint density at radius 3 is 2.38 bits per heavy atom. The first-order chi connectivity index (χ1) is 10.1. The molecule has 3 rings (SSSR count). The summed E-state index contributed by atoms with van der Waals surface area (Å²) in [6.45, 7) is 2.02. The zero-order valence-electron chi connectivity index (χ0n) is 11.7. The van der Waals surface area contributed by atoms with Crippen LogP contribution in [0.2, 0.25) is 0 Å². The predicted molar refractivity (Wildman–Crippen MR) is 84.7 cm³/mol. The number of halogens is 1. The molecule has 0 radical (unpaired) electrons. The zero-order valence-corrected chi connectivity index (χ0v) is 11.7. The van der Waals surface area contributed by atoms with E-state index in [9.17, 15) is 4.39 Å². The highest BCUT2D eigenvalue weighted by molar-refractivity contribution is 5.85. The van der Waals surface area contributed by atoms with Crippen LogP contribution in [0.3, 0.4) is 0 Å². The summed E-state index contributed by atoms with van der Waals surface area (Å²) in [6, 6.07) is 14.2. The van der Waals surface area contributed by atoms with Crippen LogP contribution < -0.4 is 11.5 Å². The molecule has 0 aliphatic heterocycles. The fourth-order valence-electron chi connectivity index (χ4n) is 2.39. The van der Waals surface area contributed by atoms with Crippen LogP contribution in [0.15, 0.2) is 54.7 Å². The molecule has 1 heterocycles. The van der Waals surface area contributed by atoms with Gasteiger partial charge in [0, 0.05) is 17.4 Å². The SMILES string of the molecule is Cc1cccc(-n2cc(-c3ccc(F)cc3)c(N)c2N)c1. The highest BCUT2D eigenvalue weighted by Crippen LogP contribution is 2.34. The predicted octanol–water partition coefficient (Wildman–Crippen LogP) is 3.76. The van der Waals surface area contributed by atoms with Gasteiger partial charge in [0.1, 0.15) is 11.6 Å². The maximum absolute atomic E-state index is 13.0. The van der Waals surface area contributed by atoms with Crippen LogP contribution in [0, 0.1) is 12.7 Å². The zero-order chi connectivity index (χ0) is 15.0. The van der Waals surface area contributed by atoms with Crippen LogP contribution in [0.5, 0.6) is 0 Å². The Balaban J connectivity index is 2.13. The number of hydrogen-bond acceptors (Lipinski definition) is 2. The van der Waals surface area contributed by atoms with Gasteiger partial charge in [-0.05, 0) is 42.3 Å². The first kappa shape index (κ1) is 13.2. The average molecular weight is 281 g/mol. The minimum Gasteiger partial charge on any atom is -0.395 e. The van der Waals surface area contributed by atoms with Gasteiger partial charge in [-0.2, -0.15) is 0 Å². The molecule has 0 spiro atoms. The fourth-order valence-corrected chi connectivity index (χ4v) is 2.39. The quantitative estimate of drug-likeness (QED) is 0.751. The summed E-state index contributed by atoms with van der Waals surface area (Å²) in [6.07, 6.45) is 1.88. The van der Waals surface area contributed by atoms with Crippen molar-refractivity contribution in [1.82, 2.24) is 4.57 Å². The molecule has 0 fully saturated rings. The van der Waals surface area contributed by atoms with E-state index in [2.05, 4.69) is 0 Å². The summed E-state index contributed by atoms with van der Waals surface area (Å²) >= 11 is 0. The molecule has 0 aliphatic carbocycles. The molecule has 106 valence electrons. The minimum atomic E-state index is -0.275. The molecular formula is C17H16FN3. The van der Waals surface area contributed by atoms with Gasteiger partial charge in [-0.25, -0.2) is 4.39 Å². The third kappa shape index (κ3) is 2.36. The lowest BCUT2D eigenvalue weighted by Gasteiger charge is -2.06. The monoisotopic (exact) mass is 281 g/mol. The van der Waals surface area contributed by atoms with Crippen molar-refractivity contribution in [2.24, 2.45) is 0 Å². The van der Waals surface area contributed by atoms with E-state index in [0.717, 1.165) is 22.4 Å². The smallest absolute Gasteiger partial charge is 0.132 e. The Morgan fingerprint density at radius 1 is 1.00 bits per heavy atom. The maximum Gasteiger partial charge on any atom is 0.132 e. The molecule has 0 aliphatic rings. The van der Waals surface area contributed by atoms with E-state index in [0.29, 0.717) is 11.5 Å². The Kier molecular flexibility index (Phi) is 3.14. The Bertz CT molecular complexity index is 788. The average Bonchev–Trinajstić information content (AvgIpc) is 2.77. The Hall–Kier alpha value is -2.75. The molecule has 0 saturated heterocycles. The first-order valence-corrected chi connectivity index (χ1v) is 6.65. The van der Waals surface area contributed by atoms with Gasteiger partial charge in [-0.3, -0.25) is 0 Å². The van der Waals surface area contributed by atoms with Gasteiger partial charge in [-0.1, -0.05) is 24.3 Å². The van der Waals surface area contributed by atoms with Crippen LogP contribution in [0.25, 0.3) is 16.8 Å². The van der Waals surface area contributed by atoms with Crippen LogP contribution in [0.4, 0.5) is 15.9 Å². The molecule has 0 atom stereocenters. The van der Waals surface area contributed by atoms with Gasteiger partial charge < -0.3 is 16.0 Å². The molecule has 3 aromatic rings. The van der Waals surface area contributed by atoms with Crippen molar-refractivity contribution in [3.8, 4) is 16.8 Å². The van der Waals surface area contributed by atoms with E-state index in [4.69, 9.17) is 11.5 Å². The third-order valence-electron chi connectivity index (χ3n) is 3.52. The van der Waals surface area contributed by atoms with Crippen molar-refractivity contribution in [2.75, 3.05) is 11.5 Å². The minimum absolute atomic E-state index is 0.275. The standard InChI is InChI=1S/C17H16FN3/c1-11-3-2-4-14(9-11)21-10-15(16(19)17(21)20)12-5-7-13(18)8-6-12/h2-10H,19-20H2,1H3. The van der Waals surface area contributed by atoms with Crippen molar-refractivity contribution in [3.63, 3.8) is 0 Å². The number of aromatic nitrogens is 1. The summed E-state index contributed by atoms with van der Waals surface area (Å²) in [7, 11) is 0.